The number of aliphatic hydroxyl groups excluding tert-OH is 1. The second kappa shape index (κ2) is 10.9. The molecule has 0 amide bonds. The van der Waals surface area contributed by atoms with E-state index in [1.54, 1.807) is 7.11 Å². The number of hydrogen-bond acceptors (Lipinski definition) is 5. The minimum atomic E-state index is -1.17. The minimum Gasteiger partial charge on any atom is -0.481 e. The molecular weight excluding hydrogens is 206 g/mol. The van der Waals surface area contributed by atoms with Crippen LogP contribution in [0, 0.1) is 0 Å². The lowest BCUT2D eigenvalue weighted by atomic mass is 10.2. The number of hydrogen-bond donors (Lipinski definition) is 4. The molecule has 0 aromatic carbocycles. The Bertz CT molecular complexity index is 182. The van der Waals surface area contributed by atoms with Crippen LogP contribution < -0.4 is 5.73 Å². The Morgan fingerprint density at radius 3 is 2.13 bits per heavy atom. The summed E-state index contributed by atoms with van der Waals surface area (Å²) in [6, 6.07) is -1.06. The molecule has 0 saturated heterocycles. The molecule has 0 fully saturated rings. The highest BCUT2D eigenvalue weighted by molar-refractivity contribution is 5.74. The van der Waals surface area contributed by atoms with E-state index in [2.05, 4.69) is 4.74 Å². The number of aliphatic hydroxyl groups is 1. The van der Waals surface area contributed by atoms with Gasteiger partial charge in [0.25, 0.3) is 0 Å². The van der Waals surface area contributed by atoms with Gasteiger partial charge in [-0.2, -0.15) is 0 Å². The van der Waals surface area contributed by atoms with Crippen molar-refractivity contribution in [3.8, 4) is 0 Å². The predicted octanol–water partition coefficient (Wildman–Crippen LogP) is -1.11. The van der Waals surface area contributed by atoms with Crippen molar-refractivity contribution >= 4 is 11.9 Å². The first kappa shape index (κ1) is 16.3. The van der Waals surface area contributed by atoms with E-state index in [0.29, 0.717) is 6.61 Å². The number of ether oxygens (including phenoxy) is 1. The molecule has 90 valence electrons. The third-order valence-corrected chi connectivity index (χ3v) is 1.28. The Labute approximate surface area is 87.5 Å². The number of rotatable bonds is 6. The molecule has 15 heavy (non-hydrogen) atoms. The molecule has 1 atom stereocenters. The van der Waals surface area contributed by atoms with Gasteiger partial charge < -0.3 is 25.8 Å². The largest absolute Gasteiger partial charge is 0.481 e. The summed E-state index contributed by atoms with van der Waals surface area (Å²) < 4.78 is 4.44. The average Bonchev–Trinajstić information content (AvgIpc) is 2.16. The highest BCUT2D eigenvalue weighted by Gasteiger charge is 2.12. The summed E-state index contributed by atoms with van der Waals surface area (Å²) >= 11 is 0. The summed E-state index contributed by atoms with van der Waals surface area (Å²) in [5.41, 5.74) is 5.00. The van der Waals surface area contributed by atoms with Crippen LogP contribution in [0.15, 0.2) is 0 Å². The van der Waals surface area contributed by atoms with Crippen molar-refractivity contribution in [3.63, 3.8) is 0 Å². The maximum Gasteiger partial charge on any atom is 0.320 e. The molecule has 0 heterocycles. The van der Waals surface area contributed by atoms with Gasteiger partial charge in [-0.05, 0) is 6.42 Å². The second-order valence-corrected chi connectivity index (χ2v) is 2.59. The monoisotopic (exact) mass is 223 g/mol. The van der Waals surface area contributed by atoms with Crippen LogP contribution in [0.25, 0.3) is 0 Å². The number of carboxylic acid groups (broad SMARTS) is 2. The van der Waals surface area contributed by atoms with E-state index in [1.807, 2.05) is 0 Å². The maximum atomic E-state index is 9.99. The van der Waals surface area contributed by atoms with Gasteiger partial charge in [-0.1, -0.05) is 0 Å². The number of nitrogens with two attached hydrogens (primary N) is 1. The zero-order chi connectivity index (χ0) is 12.3. The molecule has 0 aliphatic heterocycles. The molecule has 0 radical (unpaired) electrons. The second-order valence-electron chi connectivity index (χ2n) is 2.59. The number of carboxylic acids is 2. The topological polar surface area (TPSA) is 130 Å². The molecule has 7 heteroatoms. The van der Waals surface area contributed by atoms with Gasteiger partial charge in [0, 0.05) is 13.5 Å². The van der Waals surface area contributed by atoms with E-state index in [0.717, 1.165) is 0 Å². The van der Waals surface area contributed by atoms with E-state index in [4.69, 9.17) is 21.1 Å². The summed E-state index contributed by atoms with van der Waals surface area (Å²) in [5.74, 6) is -2.20. The molecule has 0 rings (SSSR count). The Morgan fingerprint density at radius 1 is 1.40 bits per heavy atom. The van der Waals surface area contributed by atoms with Crippen molar-refractivity contribution in [2.45, 2.75) is 18.9 Å². The van der Waals surface area contributed by atoms with Crippen molar-refractivity contribution in [1.82, 2.24) is 0 Å². The van der Waals surface area contributed by atoms with Crippen LogP contribution >= 0.6 is 0 Å². The first-order valence-electron chi connectivity index (χ1n) is 4.25. The Hall–Kier alpha value is -1.18. The molecule has 5 N–H and O–H groups in total. The van der Waals surface area contributed by atoms with Crippen LogP contribution in [0.3, 0.4) is 0 Å². The summed E-state index contributed by atoms with van der Waals surface area (Å²) in [4.78, 5) is 19.9. The van der Waals surface area contributed by atoms with Crippen molar-refractivity contribution in [1.29, 1.82) is 0 Å². The molecule has 0 bridgehead atoms. The summed E-state index contributed by atoms with van der Waals surface area (Å²) in [6.45, 7) is 0.566. The molecule has 7 nitrogen and oxygen atoms in total. The lowest BCUT2D eigenvalue weighted by Crippen LogP contribution is -2.30. The Balaban J connectivity index is 0. The fraction of sp³-hybridized carbons (Fsp3) is 0.750. The zero-order valence-corrected chi connectivity index (χ0v) is 8.55. The van der Waals surface area contributed by atoms with Crippen LogP contribution in [0.4, 0.5) is 0 Å². The van der Waals surface area contributed by atoms with Gasteiger partial charge >= 0.3 is 11.9 Å². The molecule has 0 unspecified atom stereocenters. The number of carbonyl (C=O) groups is 2. The van der Waals surface area contributed by atoms with Crippen LogP contribution in [-0.4, -0.2) is 53.6 Å². The van der Waals surface area contributed by atoms with E-state index in [-0.39, 0.29) is 19.4 Å². The highest BCUT2D eigenvalue weighted by Crippen LogP contribution is 1.93. The number of aliphatic carboxylic acids is 2. The van der Waals surface area contributed by atoms with Crippen LogP contribution in [0.2, 0.25) is 0 Å². The smallest absolute Gasteiger partial charge is 0.320 e. The van der Waals surface area contributed by atoms with E-state index < -0.39 is 18.0 Å². The van der Waals surface area contributed by atoms with Gasteiger partial charge in [-0.15, -0.1) is 0 Å². The summed E-state index contributed by atoms with van der Waals surface area (Å²) in [5, 5.41) is 24.2. The van der Waals surface area contributed by atoms with Gasteiger partial charge in [-0.3, -0.25) is 9.59 Å². The van der Waals surface area contributed by atoms with Crippen LogP contribution in [-0.2, 0) is 14.3 Å². The van der Waals surface area contributed by atoms with Crippen molar-refractivity contribution in [2.75, 3.05) is 20.3 Å². The summed E-state index contributed by atoms with van der Waals surface area (Å²) in [7, 11) is 1.55. The third-order valence-electron chi connectivity index (χ3n) is 1.28. The quantitative estimate of drug-likeness (QED) is 0.449. The maximum absolute atomic E-state index is 9.99. The SMILES string of the molecule is COCCO.N[C@@H](CCC(=O)O)C(=O)O. The molecule has 0 aliphatic carbocycles. The molecule has 0 aromatic rings. The Morgan fingerprint density at radius 2 is 1.93 bits per heavy atom. The molecular formula is C8H17NO6. The zero-order valence-electron chi connectivity index (χ0n) is 8.55. The van der Waals surface area contributed by atoms with Gasteiger partial charge in [0.05, 0.1) is 13.2 Å². The molecule has 0 aliphatic rings. The fourth-order valence-electron chi connectivity index (χ4n) is 0.494. The predicted molar refractivity (Wildman–Crippen MR) is 51.4 cm³/mol. The lowest BCUT2D eigenvalue weighted by Gasteiger charge is -2.01. The fourth-order valence-corrected chi connectivity index (χ4v) is 0.494. The van der Waals surface area contributed by atoms with Gasteiger partial charge in [0.1, 0.15) is 6.04 Å². The molecule has 0 aromatic heterocycles. The number of methoxy groups -OCH3 is 1. The Kier molecular flexibility index (Phi) is 11.8. The van der Waals surface area contributed by atoms with Gasteiger partial charge in [0.15, 0.2) is 0 Å². The first-order valence-corrected chi connectivity index (χ1v) is 4.25. The van der Waals surface area contributed by atoms with E-state index >= 15 is 0 Å². The van der Waals surface area contributed by atoms with Gasteiger partial charge in [-0.25, -0.2) is 0 Å². The highest BCUT2D eigenvalue weighted by atomic mass is 16.5. The van der Waals surface area contributed by atoms with Crippen LogP contribution in [0.5, 0.6) is 0 Å². The van der Waals surface area contributed by atoms with Crippen molar-refractivity contribution in [3.05, 3.63) is 0 Å². The lowest BCUT2D eigenvalue weighted by molar-refractivity contribution is -0.139. The van der Waals surface area contributed by atoms with Gasteiger partial charge in [0.2, 0.25) is 0 Å². The summed E-state index contributed by atoms with van der Waals surface area (Å²) in [6.07, 6.45) is -0.224. The van der Waals surface area contributed by atoms with Crippen LogP contribution in [0.1, 0.15) is 12.8 Å². The minimum absolute atomic E-state index is 0.0231. The standard InChI is InChI=1S/C5H9NO4.C3H8O2/c6-3(5(9)10)1-2-4(7)8;1-5-3-2-4/h3H,1-2,6H2,(H,7,8)(H,9,10);4H,2-3H2,1H3/t3-;/m0./s1. The first-order chi connectivity index (χ1) is 6.95. The molecule has 0 spiro atoms. The molecule has 0 saturated carbocycles. The van der Waals surface area contributed by atoms with E-state index in [9.17, 15) is 9.59 Å². The van der Waals surface area contributed by atoms with Crippen molar-refractivity contribution < 1.29 is 29.6 Å². The van der Waals surface area contributed by atoms with E-state index in [1.165, 1.54) is 0 Å². The third kappa shape index (κ3) is 15.6. The normalized spacial score (nSPS) is 11.1. The van der Waals surface area contributed by atoms with Crippen molar-refractivity contribution in [2.24, 2.45) is 5.73 Å². The average molecular weight is 223 g/mol.